The SMILES string of the molecule is C=C(Br)CNC1CCCCC1.Cl. The molecular formula is C9H17BrClN. The molecule has 0 spiro atoms. The standard InChI is InChI=1S/C9H16BrN.ClH/c1-8(10)7-11-9-5-3-2-4-6-9;/h9,11H,1-7H2;1H. The van der Waals surface area contributed by atoms with Crippen molar-refractivity contribution in [3.05, 3.63) is 11.1 Å². The van der Waals surface area contributed by atoms with Gasteiger partial charge < -0.3 is 5.32 Å². The van der Waals surface area contributed by atoms with E-state index in [0.29, 0.717) is 0 Å². The summed E-state index contributed by atoms with van der Waals surface area (Å²) in [5, 5.41) is 3.47. The van der Waals surface area contributed by atoms with Gasteiger partial charge in [0.2, 0.25) is 0 Å². The molecule has 0 bridgehead atoms. The van der Waals surface area contributed by atoms with Crippen LogP contribution in [0.2, 0.25) is 0 Å². The maximum absolute atomic E-state index is 3.79. The third kappa shape index (κ3) is 5.18. The van der Waals surface area contributed by atoms with Crippen molar-refractivity contribution in [1.82, 2.24) is 5.32 Å². The summed E-state index contributed by atoms with van der Waals surface area (Å²) in [6.07, 6.45) is 6.91. The highest BCUT2D eigenvalue weighted by atomic mass is 79.9. The molecule has 72 valence electrons. The monoisotopic (exact) mass is 253 g/mol. The summed E-state index contributed by atoms with van der Waals surface area (Å²) >= 11 is 3.34. The average Bonchev–Trinajstić information content (AvgIpc) is 2.03. The zero-order valence-corrected chi connectivity index (χ0v) is 9.72. The summed E-state index contributed by atoms with van der Waals surface area (Å²) in [4.78, 5) is 0. The highest BCUT2D eigenvalue weighted by Gasteiger charge is 2.11. The fourth-order valence-corrected chi connectivity index (χ4v) is 1.72. The van der Waals surface area contributed by atoms with E-state index in [9.17, 15) is 0 Å². The molecule has 1 aliphatic rings. The third-order valence-electron chi connectivity index (χ3n) is 2.19. The fraction of sp³-hybridized carbons (Fsp3) is 0.778. The van der Waals surface area contributed by atoms with Gasteiger partial charge in [0.05, 0.1) is 0 Å². The fourth-order valence-electron chi connectivity index (χ4n) is 1.56. The maximum Gasteiger partial charge on any atom is 0.0268 e. The molecule has 0 aromatic heterocycles. The second kappa shape index (κ2) is 6.93. The zero-order valence-electron chi connectivity index (χ0n) is 7.31. The largest absolute Gasteiger partial charge is 0.309 e. The van der Waals surface area contributed by atoms with Gasteiger partial charge in [-0.25, -0.2) is 0 Å². The molecule has 1 nitrogen and oxygen atoms in total. The summed E-state index contributed by atoms with van der Waals surface area (Å²) in [6.45, 7) is 4.71. The van der Waals surface area contributed by atoms with Crippen molar-refractivity contribution in [2.75, 3.05) is 6.54 Å². The van der Waals surface area contributed by atoms with E-state index in [0.717, 1.165) is 17.1 Å². The van der Waals surface area contributed by atoms with Crippen molar-refractivity contribution >= 4 is 28.3 Å². The van der Waals surface area contributed by atoms with Crippen molar-refractivity contribution < 1.29 is 0 Å². The van der Waals surface area contributed by atoms with E-state index in [4.69, 9.17) is 0 Å². The minimum absolute atomic E-state index is 0. The van der Waals surface area contributed by atoms with Gasteiger partial charge in [-0.05, 0) is 12.8 Å². The molecule has 0 aromatic carbocycles. The summed E-state index contributed by atoms with van der Waals surface area (Å²) in [6, 6.07) is 0.748. The van der Waals surface area contributed by atoms with Gasteiger partial charge in [-0.1, -0.05) is 41.8 Å². The number of halogens is 2. The van der Waals surface area contributed by atoms with Gasteiger partial charge in [-0.2, -0.15) is 0 Å². The third-order valence-corrected chi connectivity index (χ3v) is 2.47. The molecule has 1 rings (SSSR count). The van der Waals surface area contributed by atoms with Crippen LogP contribution in [-0.2, 0) is 0 Å². The van der Waals surface area contributed by atoms with Crippen molar-refractivity contribution in [3.8, 4) is 0 Å². The van der Waals surface area contributed by atoms with E-state index < -0.39 is 0 Å². The van der Waals surface area contributed by atoms with Gasteiger partial charge in [0.25, 0.3) is 0 Å². The van der Waals surface area contributed by atoms with E-state index >= 15 is 0 Å². The van der Waals surface area contributed by atoms with Crippen molar-refractivity contribution in [2.45, 2.75) is 38.1 Å². The number of rotatable bonds is 3. The van der Waals surface area contributed by atoms with Gasteiger partial charge in [0.1, 0.15) is 0 Å². The van der Waals surface area contributed by atoms with Crippen molar-refractivity contribution in [2.24, 2.45) is 0 Å². The van der Waals surface area contributed by atoms with E-state index in [-0.39, 0.29) is 12.4 Å². The predicted octanol–water partition coefficient (Wildman–Crippen LogP) is 3.24. The molecule has 3 heteroatoms. The van der Waals surface area contributed by atoms with Gasteiger partial charge in [0.15, 0.2) is 0 Å². The van der Waals surface area contributed by atoms with Crippen molar-refractivity contribution in [1.29, 1.82) is 0 Å². The van der Waals surface area contributed by atoms with Crippen LogP contribution in [0, 0.1) is 0 Å². The summed E-state index contributed by atoms with van der Waals surface area (Å²) < 4.78 is 1.06. The lowest BCUT2D eigenvalue weighted by atomic mass is 9.96. The summed E-state index contributed by atoms with van der Waals surface area (Å²) in [5.74, 6) is 0. The van der Waals surface area contributed by atoms with Crippen LogP contribution in [-0.4, -0.2) is 12.6 Å². The Bertz CT molecular complexity index is 132. The van der Waals surface area contributed by atoms with Crippen molar-refractivity contribution in [3.63, 3.8) is 0 Å². The molecule has 0 radical (unpaired) electrons. The average molecular weight is 255 g/mol. The predicted molar refractivity (Wildman–Crippen MR) is 60.2 cm³/mol. The Morgan fingerprint density at radius 3 is 2.42 bits per heavy atom. The number of hydrogen-bond donors (Lipinski definition) is 1. The van der Waals surface area contributed by atoms with Crippen LogP contribution in [0.25, 0.3) is 0 Å². The smallest absolute Gasteiger partial charge is 0.0268 e. The first-order chi connectivity index (χ1) is 5.29. The zero-order chi connectivity index (χ0) is 8.10. The first-order valence-electron chi connectivity index (χ1n) is 4.35. The Kier molecular flexibility index (Phi) is 7.20. The van der Waals surface area contributed by atoms with E-state index in [1.807, 2.05) is 0 Å². The molecule has 12 heavy (non-hydrogen) atoms. The van der Waals surface area contributed by atoms with Crippen LogP contribution >= 0.6 is 28.3 Å². The lowest BCUT2D eigenvalue weighted by molar-refractivity contribution is 0.384. The first kappa shape index (κ1) is 12.5. The molecule has 1 fully saturated rings. The summed E-state index contributed by atoms with van der Waals surface area (Å²) in [5.41, 5.74) is 0. The van der Waals surface area contributed by atoms with Crippen LogP contribution in [0.3, 0.4) is 0 Å². The second-order valence-corrected chi connectivity index (χ2v) is 4.35. The molecule has 0 aliphatic heterocycles. The molecule has 0 unspecified atom stereocenters. The Labute approximate surface area is 89.5 Å². The summed E-state index contributed by atoms with van der Waals surface area (Å²) in [7, 11) is 0. The maximum atomic E-state index is 3.79. The van der Waals surface area contributed by atoms with Crippen LogP contribution in [0.1, 0.15) is 32.1 Å². The number of nitrogens with one attached hydrogen (secondary N) is 1. The highest BCUT2D eigenvalue weighted by molar-refractivity contribution is 9.11. The molecule has 0 amide bonds. The Hall–Kier alpha value is 0.470. The molecule has 1 aliphatic carbocycles. The molecule has 0 heterocycles. The minimum Gasteiger partial charge on any atom is -0.309 e. The number of hydrogen-bond acceptors (Lipinski definition) is 1. The molecule has 1 saturated carbocycles. The minimum atomic E-state index is 0. The molecular weight excluding hydrogens is 237 g/mol. The molecule has 0 aromatic rings. The van der Waals surface area contributed by atoms with Crippen LogP contribution in [0.5, 0.6) is 0 Å². The van der Waals surface area contributed by atoms with E-state index in [1.54, 1.807) is 0 Å². The Balaban J connectivity index is 0.00000121. The lowest BCUT2D eigenvalue weighted by Crippen LogP contribution is -2.31. The normalized spacial score (nSPS) is 18.4. The van der Waals surface area contributed by atoms with Crippen LogP contribution < -0.4 is 5.32 Å². The van der Waals surface area contributed by atoms with Crippen LogP contribution in [0.15, 0.2) is 11.1 Å². The molecule has 0 atom stereocenters. The van der Waals surface area contributed by atoms with E-state index in [1.165, 1.54) is 32.1 Å². The van der Waals surface area contributed by atoms with E-state index in [2.05, 4.69) is 27.8 Å². The van der Waals surface area contributed by atoms with Gasteiger partial charge in [0, 0.05) is 17.1 Å². The Morgan fingerprint density at radius 2 is 1.92 bits per heavy atom. The lowest BCUT2D eigenvalue weighted by Gasteiger charge is -2.22. The van der Waals surface area contributed by atoms with Gasteiger partial charge in [-0.3, -0.25) is 0 Å². The highest BCUT2D eigenvalue weighted by Crippen LogP contribution is 2.17. The van der Waals surface area contributed by atoms with Gasteiger partial charge in [-0.15, -0.1) is 12.4 Å². The first-order valence-corrected chi connectivity index (χ1v) is 5.15. The molecule has 0 saturated heterocycles. The second-order valence-electron chi connectivity index (χ2n) is 3.23. The quantitative estimate of drug-likeness (QED) is 0.815. The van der Waals surface area contributed by atoms with Crippen LogP contribution in [0.4, 0.5) is 0 Å². The topological polar surface area (TPSA) is 12.0 Å². The van der Waals surface area contributed by atoms with Gasteiger partial charge >= 0.3 is 0 Å². The Morgan fingerprint density at radius 1 is 1.33 bits per heavy atom. The molecule has 1 N–H and O–H groups in total.